The molecule has 3 heterocycles. The molecule has 0 saturated carbocycles. The van der Waals surface area contributed by atoms with E-state index in [-0.39, 0.29) is 5.91 Å². The van der Waals surface area contributed by atoms with Crippen molar-refractivity contribution in [1.29, 1.82) is 0 Å². The van der Waals surface area contributed by atoms with Crippen LogP contribution in [0.2, 0.25) is 0 Å². The van der Waals surface area contributed by atoms with E-state index in [9.17, 15) is 4.79 Å². The van der Waals surface area contributed by atoms with Crippen molar-refractivity contribution in [2.45, 2.75) is 46.6 Å². The zero-order valence-corrected chi connectivity index (χ0v) is 16.5. The molecule has 1 aliphatic rings. The monoisotopic (exact) mass is 372 g/mol. The van der Waals surface area contributed by atoms with Crippen LogP contribution < -0.4 is 5.32 Å². The number of ether oxygens (including phenoxy) is 1. The summed E-state index contributed by atoms with van der Waals surface area (Å²) in [7, 11) is 0. The first-order valence-corrected chi connectivity index (χ1v) is 9.47. The summed E-state index contributed by atoms with van der Waals surface area (Å²) in [5, 5.41) is 7.40. The highest BCUT2D eigenvalue weighted by atomic mass is 16.5. The lowest BCUT2D eigenvalue weighted by Gasteiger charge is -2.31. The van der Waals surface area contributed by atoms with Crippen LogP contribution in [-0.4, -0.2) is 62.9 Å². The molecule has 1 fully saturated rings. The number of carbonyl (C=O) groups excluding carboxylic acids is 1. The molecule has 1 saturated heterocycles. The van der Waals surface area contributed by atoms with E-state index in [1.54, 1.807) is 4.68 Å². The fraction of sp³-hybridized carbons (Fsp3) is 0.579. The molecule has 27 heavy (non-hydrogen) atoms. The SMILES string of the molecule is CCOC1CCN(CC(=O)Nc2cc(C)nn2-c2nc(C)cc(C)n2)CC1. The third-order valence-corrected chi connectivity index (χ3v) is 4.56. The number of anilines is 1. The lowest BCUT2D eigenvalue weighted by atomic mass is 10.1. The summed E-state index contributed by atoms with van der Waals surface area (Å²) < 4.78 is 7.26. The third kappa shape index (κ3) is 5.11. The molecule has 0 bridgehead atoms. The molecule has 0 aromatic carbocycles. The largest absolute Gasteiger partial charge is 0.378 e. The van der Waals surface area contributed by atoms with E-state index in [1.165, 1.54) is 0 Å². The van der Waals surface area contributed by atoms with Crippen molar-refractivity contribution in [2.24, 2.45) is 0 Å². The van der Waals surface area contributed by atoms with E-state index < -0.39 is 0 Å². The van der Waals surface area contributed by atoms with Gasteiger partial charge >= 0.3 is 0 Å². The van der Waals surface area contributed by atoms with Crippen molar-refractivity contribution in [3.63, 3.8) is 0 Å². The van der Waals surface area contributed by atoms with Crippen molar-refractivity contribution in [3.05, 3.63) is 29.2 Å². The topological polar surface area (TPSA) is 85.2 Å². The van der Waals surface area contributed by atoms with Crippen LogP contribution in [0.4, 0.5) is 5.82 Å². The summed E-state index contributed by atoms with van der Waals surface area (Å²) in [5.74, 6) is 0.996. The molecule has 0 unspecified atom stereocenters. The van der Waals surface area contributed by atoms with Crippen molar-refractivity contribution < 1.29 is 9.53 Å². The van der Waals surface area contributed by atoms with Gasteiger partial charge in [-0.15, -0.1) is 0 Å². The van der Waals surface area contributed by atoms with Gasteiger partial charge in [0.25, 0.3) is 5.95 Å². The normalized spacial score (nSPS) is 15.9. The number of nitrogens with one attached hydrogen (secondary N) is 1. The molecule has 2 aromatic rings. The van der Waals surface area contributed by atoms with Gasteiger partial charge in [0.15, 0.2) is 0 Å². The summed E-state index contributed by atoms with van der Waals surface area (Å²) in [5.41, 5.74) is 2.52. The van der Waals surface area contributed by atoms with Crippen LogP contribution in [0.15, 0.2) is 12.1 Å². The van der Waals surface area contributed by atoms with Crippen molar-refractivity contribution >= 4 is 11.7 Å². The second-order valence-electron chi connectivity index (χ2n) is 7.01. The Hall–Kier alpha value is -2.32. The molecule has 0 atom stereocenters. The molecule has 8 heteroatoms. The van der Waals surface area contributed by atoms with Gasteiger partial charge in [0.05, 0.1) is 18.3 Å². The maximum absolute atomic E-state index is 12.5. The second-order valence-corrected chi connectivity index (χ2v) is 7.01. The molecule has 0 spiro atoms. The summed E-state index contributed by atoms with van der Waals surface area (Å²) in [6.45, 7) is 10.6. The van der Waals surface area contributed by atoms with Crippen LogP contribution in [0.3, 0.4) is 0 Å². The van der Waals surface area contributed by atoms with Crippen LogP contribution in [-0.2, 0) is 9.53 Å². The molecular formula is C19H28N6O2. The Morgan fingerprint density at radius 1 is 1.15 bits per heavy atom. The predicted octanol–water partition coefficient (Wildman–Crippen LogP) is 2.03. The number of likely N-dealkylation sites (tertiary alicyclic amines) is 1. The predicted molar refractivity (Wildman–Crippen MR) is 103 cm³/mol. The van der Waals surface area contributed by atoms with Gasteiger partial charge in [-0.25, -0.2) is 9.97 Å². The Morgan fingerprint density at radius 3 is 2.44 bits per heavy atom. The smallest absolute Gasteiger partial charge is 0.252 e. The fourth-order valence-electron chi connectivity index (χ4n) is 3.40. The minimum Gasteiger partial charge on any atom is -0.378 e. The molecule has 146 valence electrons. The summed E-state index contributed by atoms with van der Waals surface area (Å²) in [4.78, 5) is 23.6. The second kappa shape index (κ2) is 8.58. The minimum absolute atomic E-state index is 0.0598. The van der Waals surface area contributed by atoms with Crippen LogP contribution >= 0.6 is 0 Å². The number of hydrogen-bond donors (Lipinski definition) is 1. The molecule has 1 N–H and O–H groups in total. The zero-order chi connectivity index (χ0) is 19.4. The van der Waals surface area contributed by atoms with Crippen LogP contribution in [0.5, 0.6) is 0 Å². The average molecular weight is 372 g/mol. The van der Waals surface area contributed by atoms with Gasteiger partial charge in [0.2, 0.25) is 5.91 Å². The lowest BCUT2D eigenvalue weighted by Crippen LogP contribution is -2.41. The molecular weight excluding hydrogens is 344 g/mol. The quantitative estimate of drug-likeness (QED) is 0.835. The Balaban J connectivity index is 1.65. The highest BCUT2D eigenvalue weighted by Crippen LogP contribution is 2.17. The van der Waals surface area contributed by atoms with Gasteiger partial charge in [-0.2, -0.15) is 9.78 Å². The molecule has 1 amide bonds. The number of piperidine rings is 1. The van der Waals surface area contributed by atoms with Crippen LogP contribution in [0.25, 0.3) is 5.95 Å². The highest BCUT2D eigenvalue weighted by Gasteiger charge is 2.22. The molecule has 1 aliphatic heterocycles. The lowest BCUT2D eigenvalue weighted by molar-refractivity contribution is -0.118. The van der Waals surface area contributed by atoms with Gasteiger partial charge in [-0.3, -0.25) is 9.69 Å². The van der Waals surface area contributed by atoms with Gasteiger partial charge in [-0.1, -0.05) is 0 Å². The first kappa shape index (κ1) is 19.4. The number of nitrogens with zero attached hydrogens (tertiary/aromatic N) is 5. The van der Waals surface area contributed by atoms with Crippen molar-refractivity contribution in [1.82, 2.24) is 24.6 Å². The highest BCUT2D eigenvalue weighted by molar-refractivity contribution is 5.91. The standard InChI is InChI=1S/C19H28N6O2/c1-5-27-16-6-8-24(9-7-16)12-18(26)22-17-11-15(4)23-25(17)19-20-13(2)10-14(3)21-19/h10-11,16H,5-9,12H2,1-4H3,(H,22,26). The van der Waals surface area contributed by atoms with Gasteiger partial charge in [0.1, 0.15) is 5.82 Å². The maximum atomic E-state index is 12.5. The fourth-order valence-corrected chi connectivity index (χ4v) is 3.40. The van der Waals surface area contributed by atoms with E-state index in [0.717, 1.165) is 49.6 Å². The zero-order valence-electron chi connectivity index (χ0n) is 16.5. The van der Waals surface area contributed by atoms with Gasteiger partial charge in [0, 0.05) is 37.2 Å². The first-order valence-electron chi connectivity index (χ1n) is 9.47. The molecule has 3 rings (SSSR count). The Labute approximate surface area is 159 Å². The van der Waals surface area contributed by atoms with E-state index >= 15 is 0 Å². The number of amides is 1. The van der Waals surface area contributed by atoms with Gasteiger partial charge in [-0.05, 0) is 46.6 Å². The number of rotatable bonds is 6. The van der Waals surface area contributed by atoms with Gasteiger partial charge < -0.3 is 10.1 Å². The number of aromatic nitrogens is 4. The van der Waals surface area contributed by atoms with Crippen molar-refractivity contribution in [2.75, 3.05) is 31.6 Å². The van der Waals surface area contributed by atoms with Crippen molar-refractivity contribution in [3.8, 4) is 5.95 Å². The van der Waals surface area contributed by atoms with E-state index in [2.05, 4.69) is 25.3 Å². The Morgan fingerprint density at radius 2 is 1.81 bits per heavy atom. The number of aryl methyl sites for hydroxylation is 3. The summed E-state index contributed by atoms with van der Waals surface area (Å²) in [6.07, 6.45) is 2.25. The third-order valence-electron chi connectivity index (χ3n) is 4.56. The number of hydrogen-bond acceptors (Lipinski definition) is 6. The summed E-state index contributed by atoms with van der Waals surface area (Å²) >= 11 is 0. The Bertz CT molecular complexity index is 775. The molecule has 2 aromatic heterocycles. The average Bonchev–Trinajstić information content (AvgIpc) is 2.96. The molecule has 0 radical (unpaired) electrons. The van der Waals surface area contributed by atoms with E-state index in [0.29, 0.717) is 24.4 Å². The molecule has 8 nitrogen and oxygen atoms in total. The minimum atomic E-state index is -0.0598. The summed E-state index contributed by atoms with van der Waals surface area (Å²) in [6, 6.07) is 3.74. The first-order chi connectivity index (χ1) is 12.9. The van der Waals surface area contributed by atoms with E-state index in [1.807, 2.05) is 39.8 Å². The maximum Gasteiger partial charge on any atom is 0.252 e. The molecule has 0 aliphatic carbocycles. The number of carbonyl (C=O) groups is 1. The van der Waals surface area contributed by atoms with Crippen LogP contribution in [0.1, 0.15) is 36.8 Å². The Kier molecular flexibility index (Phi) is 6.18. The van der Waals surface area contributed by atoms with E-state index in [4.69, 9.17) is 4.74 Å². The van der Waals surface area contributed by atoms with Crippen LogP contribution in [0, 0.1) is 20.8 Å².